The van der Waals surface area contributed by atoms with Gasteiger partial charge in [-0.05, 0) is 18.2 Å². The van der Waals surface area contributed by atoms with Gasteiger partial charge in [-0.1, -0.05) is 12.2 Å². The Bertz CT molecular complexity index is 1170. The zero-order valence-electron chi connectivity index (χ0n) is 15.0. The molecule has 1 aromatic carbocycles. The van der Waals surface area contributed by atoms with Gasteiger partial charge in [0.05, 0.1) is 17.2 Å². The van der Waals surface area contributed by atoms with Crippen molar-refractivity contribution >= 4 is 40.1 Å². The van der Waals surface area contributed by atoms with E-state index in [1.807, 2.05) is 0 Å². The second kappa shape index (κ2) is 8.89. The van der Waals surface area contributed by atoms with Gasteiger partial charge in [0, 0.05) is 24.0 Å². The normalized spacial score (nSPS) is 10.9. The van der Waals surface area contributed by atoms with Crippen LogP contribution < -0.4 is 21.9 Å². The van der Waals surface area contributed by atoms with Crippen LogP contribution in [0.5, 0.6) is 0 Å². The van der Waals surface area contributed by atoms with Crippen LogP contribution in [0, 0.1) is 0 Å². The van der Waals surface area contributed by atoms with Gasteiger partial charge in [-0.25, -0.2) is 9.97 Å². The topological polar surface area (TPSA) is 160 Å². The van der Waals surface area contributed by atoms with Crippen molar-refractivity contribution in [3.8, 4) is 0 Å². The molecule has 11 heteroatoms. The van der Waals surface area contributed by atoms with Gasteiger partial charge >= 0.3 is 0 Å². The maximum atomic E-state index is 12.2. The monoisotopic (exact) mass is 412 g/mol. The highest BCUT2D eigenvalue weighted by atomic mass is 32.1. The SMILES string of the molecule is NC(=O)c1nc(C(=O)NC/C=C/CNC(=O)c2ccc3ncc(=O)[nH]c3c2)cs1. The first-order valence-electron chi connectivity index (χ1n) is 8.40. The molecule has 5 N–H and O–H groups in total. The Labute approximate surface area is 167 Å². The fraction of sp³-hybridized carbons (Fsp3) is 0.111. The van der Waals surface area contributed by atoms with E-state index in [9.17, 15) is 19.2 Å². The van der Waals surface area contributed by atoms with Crippen molar-refractivity contribution in [2.24, 2.45) is 5.73 Å². The highest BCUT2D eigenvalue weighted by Crippen LogP contribution is 2.10. The van der Waals surface area contributed by atoms with Gasteiger partial charge in [0.2, 0.25) is 0 Å². The molecule has 0 bridgehead atoms. The third kappa shape index (κ3) is 5.11. The summed E-state index contributed by atoms with van der Waals surface area (Å²) >= 11 is 1.00. The summed E-state index contributed by atoms with van der Waals surface area (Å²) in [6.07, 6.45) is 4.52. The molecule has 0 saturated heterocycles. The molecule has 2 heterocycles. The molecular weight excluding hydrogens is 396 g/mol. The Kier molecular flexibility index (Phi) is 6.09. The number of aromatic amines is 1. The van der Waals surface area contributed by atoms with Crippen LogP contribution in [0.15, 0.2) is 46.7 Å². The molecule has 3 aromatic rings. The number of fused-ring (bicyclic) bond motifs is 1. The van der Waals surface area contributed by atoms with Crippen LogP contribution in [-0.2, 0) is 0 Å². The minimum absolute atomic E-state index is 0.0713. The molecule has 2 aromatic heterocycles. The quantitative estimate of drug-likeness (QED) is 0.405. The minimum Gasteiger partial charge on any atom is -0.364 e. The Hall–Kier alpha value is -3.86. The summed E-state index contributed by atoms with van der Waals surface area (Å²) in [5.74, 6) is -1.42. The number of rotatable bonds is 7. The summed E-state index contributed by atoms with van der Waals surface area (Å²) in [5, 5.41) is 6.83. The van der Waals surface area contributed by atoms with Gasteiger partial charge in [0.1, 0.15) is 5.69 Å². The van der Waals surface area contributed by atoms with Gasteiger partial charge in [-0.3, -0.25) is 19.2 Å². The summed E-state index contributed by atoms with van der Waals surface area (Å²) in [6, 6.07) is 4.81. The van der Waals surface area contributed by atoms with E-state index < -0.39 is 11.8 Å². The predicted octanol–water partition coefficient (Wildman–Crippen LogP) is 0.195. The molecule has 0 spiro atoms. The number of aromatic nitrogens is 3. The largest absolute Gasteiger partial charge is 0.364 e. The fourth-order valence-corrected chi connectivity index (χ4v) is 2.99. The number of hydrogen-bond acceptors (Lipinski definition) is 7. The summed E-state index contributed by atoms with van der Waals surface area (Å²) in [6.45, 7) is 0.472. The number of nitrogens with zero attached hydrogens (tertiary/aromatic N) is 2. The Morgan fingerprint density at radius 3 is 2.55 bits per heavy atom. The van der Waals surface area contributed by atoms with E-state index in [0.29, 0.717) is 16.6 Å². The van der Waals surface area contributed by atoms with Crippen LogP contribution in [-0.4, -0.2) is 45.8 Å². The third-order valence-electron chi connectivity index (χ3n) is 3.71. The van der Waals surface area contributed by atoms with Gasteiger partial charge in [-0.2, -0.15) is 0 Å². The number of thiazole rings is 1. The van der Waals surface area contributed by atoms with E-state index in [0.717, 1.165) is 11.3 Å². The number of nitrogens with two attached hydrogens (primary N) is 1. The van der Waals surface area contributed by atoms with Crippen LogP contribution in [0.4, 0.5) is 0 Å². The van der Waals surface area contributed by atoms with Gasteiger partial charge in [0.25, 0.3) is 23.3 Å². The molecule has 0 saturated carbocycles. The summed E-state index contributed by atoms with van der Waals surface area (Å²) in [4.78, 5) is 56.8. The Morgan fingerprint density at radius 2 is 1.86 bits per heavy atom. The first kappa shape index (κ1) is 19.9. The summed E-state index contributed by atoms with van der Waals surface area (Å²) in [7, 11) is 0. The average Bonchev–Trinajstić information content (AvgIpc) is 3.20. The summed E-state index contributed by atoms with van der Waals surface area (Å²) in [5.41, 5.74) is 6.32. The lowest BCUT2D eigenvalue weighted by atomic mass is 10.2. The lowest BCUT2D eigenvalue weighted by molar-refractivity contribution is 0.0945. The molecule has 0 atom stereocenters. The van der Waals surface area contributed by atoms with E-state index in [-0.39, 0.29) is 35.3 Å². The van der Waals surface area contributed by atoms with Crippen molar-refractivity contribution < 1.29 is 14.4 Å². The Morgan fingerprint density at radius 1 is 1.14 bits per heavy atom. The molecule has 0 unspecified atom stereocenters. The lowest BCUT2D eigenvalue weighted by Crippen LogP contribution is -2.25. The fourth-order valence-electron chi connectivity index (χ4n) is 2.34. The number of H-pyrrole nitrogens is 1. The second-order valence-electron chi connectivity index (χ2n) is 5.77. The number of carbonyl (C=O) groups excluding carboxylic acids is 3. The van der Waals surface area contributed by atoms with Gasteiger partial charge < -0.3 is 21.4 Å². The molecule has 0 aliphatic rings. The minimum atomic E-state index is -0.682. The maximum Gasteiger partial charge on any atom is 0.277 e. The zero-order chi connectivity index (χ0) is 20.8. The van der Waals surface area contributed by atoms with Crippen molar-refractivity contribution in [2.45, 2.75) is 0 Å². The molecule has 29 heavy (non-hydrogen) atoms. The molecular formula is C18H16N6O4S. The number of amides is 3. The molecule has 148 valence electrons. The highest BCUT2D eigenvalue weighted by molar-refractivity contribution is 7.11. The van der Waals surface area contributed by atoms with Crippen LogP contribution in [0.25, 0.3) is 11.0 Å². The third-order valence-corrected chi connectivity index (χ3v) is 4.57. The molecule has 0 aliphatic carbocycles. The zero-order valence-corrected chi connectivity index (χ0v) is 15.8. The van der Waals surface area contributed by atoms with E-state index in [1.165, 1.54) is 11.6 Å². The van der Waals surface area contributed by atoms with E-state index in [4.69, 9.17) is 5.73 Å². The van der Waals surface area contributed by atoms with Crippen LogP contribution in [0.2, 0.25) is 0 Å². The molecule has 3 rings (SSSR count). The number of primary amides is 1. The van der Waals surface area contributed by atoms with Gasteiger partial charge in [-0.15, -0.1) is 11.3 Å². The number of nitrogens with one attached hydrogen (secondary N) is 3. The predicted molar refractivity (Wildman–Crippen MR) is 107 cm³/mol. The first-order valence-corrected chi connectivity index (χ1v) is 9.28. The number of carbonyl (C=O) groups is 3. The highest BCUT2D eigenvalue weighted by Gasteiger charge is 2.12. The van der Waals surface area contributed by atoms with Crippen molar-refractivity contribution in [2.75, 3.05) is 13.1 Å². The molecule has 0 fully saturated rings. The Balaban J connectivity index is 1.46. The summed E-state index contributed by atoms with van der Waals surface area (Å²) < 4.78 is 0. The van der Waals surface area contributed by atoms with Crippen molar-refractivity contribution in [3.05, 3.63) is 68.5 Å². The van der Waals surface area contributed by atoms with Crippen molar-refractivity contribution in [1.29, 1.82) is 0 Å². The number of hydrogen-bond donors (Lipinski definition) is 4. The van der Waals surface area contributed by atoms with Crippen LogP contribution in [0.3, 0.4) is 0 Å². The van der Waals surface area contributed by atoms with E-state index in [2.05, 4.69) is 25.6 Å². The van der Waals surface area contributed by atoms with Crippen molar-refractivity contribution in [3.63, 3.8) is 0 Å². The standard InChI is InChI=1S/C18H16N6O4S/c19-15(26)18-24-13(9-29-18)17(28)21-6-2-1-5-20-16(27)10-3-4-11-12(7-10)23-14(25)8-22-11/h1-4,7-9H,5-6H2,(H2,19,26)(H,20,27)(H,21,28)(H,23,25)/b2-1+. The molecule has 0 radical (unpaired) electrons. The lowest BCUT2D eigenvalue weighted by Gasteiger charge is -2.04. The van der Waals surface area contributed by atoms with Gasteiger partial charge in [0.15, 0.2) is 5.01 Å². The molecule has 0 aliphatic heterocycles. The van der Waals surface area contributed by atoms with Crippen molar-refractivity contribution in [1.82, 2.24) is 25.6 Å². The van der Waals surface area contributed by atoms with Crippen LogP contribution >= 0.6 is 11.3 Å². The van der Waals surface area contributed by atoms with E-state index in [1.54, 1.807) is 30.4 Å². The second-order valence-corrected chi connectivity index (χ2v) is 6.63. The first-order chi connectivity index (χ1) is 13.9. The smallest absolute Gasteiger partial charge is 0.277 e. The molecule has 3 amide bonds. The average molecular weight is 412 g/mol. The number of benzene rings is 1. The maximum absolute atomic E-state index is 12.2. The van der Waals surface area contributed by atoms with E-state index >= 15 is 0 Å². The molecule has 10 nitrogen and oxygen atoms in total. The van der Waals surface area contributed by atoms with Crippen LogP contribution in [0.1, 0.15) is 30.6 Å².